The summed E-state index contributed by atoms with van der Waals surface area (Å²) >= 11 is 3.44. The van der Waals surface area contributed by atoms with E-state index >= 15 is 0 Å². The standard InChI is InChI=1S/C27H29BrF3N8O3P/c1-38-15-17(13-33-38)18-12-21(25(42-16-27(29,30)31)37-24(18)39-8-10-41-11-9-39)35-26-32-14-19(28)23(36-26)34-20-6-4-5-7-22(20)43(2,3)40/h4-7,12-15H,8-11,16H2,1-3H3,(H2,32,34,35,36). The number of nitrogens with zero attached hydrogens (tertiary/aromatic N) is 6. The van der Waals surface area contributed by atoms with Crippen LogP contribution >= 0.6 is 23.1 Å². The summed E-state index contributed by atoms with van der Waals surface area (Å²) in [5.41, 5.74) is 2.07. The molecule has 2 N–H and O–H groups in total. The molecule has 0 amide bonds. The maximum absolute atomic E-state index is 13.3. The number of hydrogen-bond acceptors (Lipinski definition) is 10. The topological polar surface area (TPSA) is 119 Å². The fraction of sp³-hybridized carbons (Fsp3) is 0.333. The lowest BCUT2D eigenvalue weighted by Gasteiger charge is -2.30. The monoisotopic (exact) mass is 680 g/mol. The number of nitrogens with one attached hydrogen (secondary N) is 2. The summed E-state index contributed by atoms with van der Waals surface area (Å²) in [6.45, 7) is 3.70. The average Bonchev–Trinajstić information content (AvgIpc) is 3.39. The van der Waals surface area contributed by atoms with Gasteiger partial charge in [-0.1, -0.05) is 12.1 Å². The normalized spacial score (nSPS) is 14.1. The van der Waals surface area contributed by atoms with Crippen molar-refractivity contribution in [2.75, 3.05) is 61.8 Å². The molecule has 1 saturated heterocycles. The molecule has 1 aliphatic heterocycles. The summed E-state index contributed by atoms with van der Waals surface area (Å²) in [6.07, 6.45) is 0.343. The van der Waals surface area contributed by atoms with Crippen LogP contribution in [-0.4, -0.2) is 77.1 Å². The SMILES string of the molecule is Cn1cc(-c2cc(Nc3ncc(Br)c(Nc4ccccc4P(C)(C)=O)n3)c(OCC(F)(F)F)nc2N2CCOCC2)cn1. The van der Waals surface area contributed by atoms with Crippen LogP contribution in [0.25, 0.3) is 11.1 Å². The van der Waals surface area contributed by atoms with Crippen molar-refractivity contribution >= 4 is 57.3 Å². The van der Waals surface area contributed by atoms with Crippen LogP contribution in [0.3, 0.4) is 0 Å². The molecule has 5 rings (SSSR count). The maximum atomic E-state index is 13.3. The number of rotatable bonds is 9. The van der Waals surface area contributed by atoms with E-state index in [0.29, 0.717) is 64.5 Å². The number of anilines is 5. The van der Waals surface area contributed by atoms with Gasteiger partial charge in [-0.05, 0) is 47.5 Å². The first kappa shape index (κ1) is 30.8. The molecule has 0 atom stereocenters. The van der Waals surface area contributed by atoms with E-state index in [1.54, 1.807) is 61.7 Å². The van der Waals surface area contributed by atoms with E-state index < -0.39 is 19.9 Å². The molecule has 43 heavy (non-hydrogen) atoms. The van der Waals surface area contributed by atoms with Gasteiger partial charge in [-0.15, -0.1) is 0 Å². The second-order valence-corrected chi connectivity index (χ2v) is 14.2. The molecule has 4 aromatic rings. The number of hydrogen-bond donors (Lipinski definition) is 2. The van der Waals surface area contributed by atoms with Crippen LogP contribution in [0.2, 0.25) is 0 Å². The van der Waals surface area contributed by atoms with Gasteiger partial charge >= 0.3 is 6.18 Å². The number of ether oxygens (including phenoxy) is 2. The van der Waals surface area contributed by atoms with E-state index in [2.05, 4.69) is 46.6 Å². The Bertz CT molecular complexity index is 1660. The molecule has 0 saturated carbocycles. The zero-order valence-electron chi connectivity index (χ0n) is 23.5. The molecule has 1 aromatic carbocycles. The first-order valence-electron chi connectivity index (χ1n) is 13.1. The van der Waals surface area contributed by atoms with Crippen molar-refractivity contribution in [1.29, 1.82) is 0 Å². The summed E-state index contributed by atoms with van der Waals surface area (Å²) in [7, 11) is -0.857. The molecule has 3 aromatic heterocycles. The summed E-state index contributed by atoms with van der Waals surface area (Å²) < 4.78 is 65.4. The summed E-state index contributed by atoms with van der Waals surface area (Å²) in [5, 5.41) is 11.1. The van der Waals surface area contributed by atoms with Crippen molar-refractivity contribution < 1.29 is 27.2 Å². The van der Waals surface area contributed by atoms with Crippen LogP contribution in [0.1, 0.15) is 0 Å². The molecule has 0 spiro atoms. The van der Waals surface area contributed by atoms with Gasteiger partial charge in [0.15, 0.2) is 6.61 Å². The smallest absolute Gasteiger partial charge is 0.422 e. The molecule has 4 heterocycles. The van der Waals surface area contributed by atoms with Crippen molar-refractivity contribution in [3.63, 3.8) is 0 Å². The first-order chi connectivity index (χ1) is 20.4. The Kier molecular flexibility index (Phi) is 8.95. The predicted molar refractivity (Wildman–Crippen MR) is 163 cm³/mol. The van der Waals surface area contributed by atoms with Crippen LogP contribution in [0.5, 0.6) is 5.88 Å². The van der Waals surface area contributed by atoms with Crippen LogP contribution in [0, 0.1) is 0 Å². The largest absolute Gasteiger partial charge is 0.466 e. The Labute approximate surface area is 254 Å². The van der Waals surface area contributed by atoms with E-state index in [9.17, 15) is 17.7 Å². The highest BCUT2D eigenvalue weighted by Gasteiger charge is 2.30. The molecule has 0 bridgehead atoms. The lowest BCUT2D eigenvalue weighted by molar-refractivity contribution is -0.153. The van der Waals surface area contributed by atoms with Crippen LogP contribution in [0.15, 0.2) is 53.4 Å². The lowest BCUT2D eigenvalue weighted by Crippen LogP contribution is -2.37. The first-order valence-corrected chi connectivity index (χ1v) is 16.5. The highest BCUT2D eigenvalue weighted by molar-refractivity contribution is 9.10. The number of pyridine rings is 1. The Morgan fingerprint density at radius 3 is 2.51 bits per heavy atom. The third-order valence-corrected chi connectivity index (χ3v) is 8.52. The lowest BCUT2D eigenvalue weighted by atomic mass is 10.1. The van der Waals surface area contributed by atoms with Gasteiger partial charge in [0.2, 0.25) is 11.8 Å². The summed E-state index contributed by atoms with van der Waals surface area (Å²) in [5.74, 6) is 0.588. The highest BCUT2D eigenvalue weighted by atomic mass is 79.9. The van der Waals surface area contributed by atoms with E-state index in [0.717, 1.165) is 0 Å². The zero-order valence-corrected chi connectivity index (χ0v) is 26.0. The molecular weight excluding hydrogens is 652 g/mol. The Morgan fingerprint density at radius 2 is 1.84 bits per heavy atom. The van der Waals surface area contributed by atoms with E-state index in [1.807, 2.05) is 11.0 Å². The third-order valence-electron chi connectivity index (χ3n) is 6.39. The number of morpholine rings is 1. The Balaban J connectivity index is 1.56. The number of halogens is 4. The van der Waals surface area contributed by atoms with Crippen LogP contribution < -0.4 is 25.6 Å². The molecule has 0 unspecified atom stereocenters. The molecule has 0 aliphatic carbocycles. The minimum absolute atomic E-state index is 0.0641. The van der Waals surface area contributed by atoms with E-state index in [4.69, 9.17) is 9.47 Å². The van der Waals surface area contributed by atoms with E-state index in [1.165, 1.54) is 6.20 Å². The number of aryl methyl sites for hydroxylation is 1. The summed E-state index contributed by atoms with van der Waals surface area (Å²) in [6, 6.07) is 8.83. The van der Waals surface area contributed by atoms with Gasteiger partial charge in [0.1, 0.15) is 24.5 Å². The van der Waals surface area contributed by atoms with Gasteiger partial charge in [-0.2, -0.15) is 28.2 Å². The molecule has 1 fully saturated rings. The fourth-order valence-electron chi connectivity index (χ4n) is 4.44. The van der Waals surface area contributed by atoms with Gasteiger partial charge in [-0.25, -0.2) is 4.98 Å². The molecule has 228 valence electrons. The van der Waals surface area contributed by atoms with Crippen molar-refractivity contribution in [2.45, 2.75) is 6.18 Å². The highest BCUT2D eigenvalue weighted by Crippen LogP contribution is 2.40. The number of aromatic nitrogens is 5. The second kappa shape index (κ2) is 12.5. The number of para-hydroxylation sites is 1. The van der Waals surface area contributed by atoms with Gasteiger partial charge in [-0.3, -0.25) is 4.68 Å². The average molecular weight is 681 g/mol. The fourth-order valence-corrected chi connectivity index (χ4v) is 5.88. The Morgan fingerprint density at radius 1 is 1.09 bits per heavy atom. The van der Waals surface area contributed by atoms with Gasteiger partial charge in [0.25, 0.3) is 0 Å². The quantitative estimate of drug-likeness (QED) is 0.218. The van der Waals surface area contributed by atoms with Gasteiger partial charge < -0.3 is 29.6 Å². The second-order valence-electron chi connectivity index (χ2n) is 10.1. The minimum Gasteiger partial charge on any atom is -0.466 e. The van der Waals surface area contributed by atoms with Gasteiger partial charge in [0.05, 0.1) is 29.6 Å². The van der Waals surface area contributed by atoms with Crippen molar-refractivity contribution in [3.8, 4) is 17.0 Å². The van der Waals surface area contributed by atoms with Crippen molar-refractivity contribution in [2.24, 2.45) is 7.05 Å². The van der Waals surface area contributed by atoms with Crippen molar-refractivity contribution in [3.05, 3.63) is 53.4 Å². The van der Waals surface area contributed by atoms with Crippen LogP contribution in [-0.2, 0) is 16.3 Å². The predicted octanol–water partition coefficient (Wildman–Crippen LogP) is 5.55. The third kappa shape index (κ3) is 7.64. The molecule has 11 nitrogen and oxygen atoms in total. The number of alkyl halides is 3. The molecule has 1 aliphatic rings. The zero-order chi connectivity index (χ0) is 30.8. The number of benzene rings is 1. The molecule has 16 heteroatoms. The Hall–Kier alpha value is -3.68. The molecule has 0 radical (unpaired) electrons. The van der Waals surface area contributed by atoms with Crippen LogP contribution in [0.4, 0.5) is 42.1 Å². The van der Waals surface area contributed by atoms with Crippen molar-refractivity contribution in [1.82, 2.24) is 24.7 Å². The summed E-state index contributed by atoms with van der Waals surface area (Å²) in [4.78, 5) is 15.3. The maximum Gasteiger partial charge on any atom is 0.422 e. The minimum atomic E-state index is -4.59. The van der Waals surface area contributed by atoms with Gasteiger partial charge in [0, 0.05) is 49.0 Å². The van der Waals surface area contributed by atoms with E-state index in [-0.39, 0.29) is 17.5 Å². The molecular formula is C27H29BrF3N8O3P.